The Labute approximate surface area is 107 Å². The number of carbonyl (C=O) groups is 1. The van der Waals surface area contributed by atoms with E-state index in [0.717, 1.165) is 0 Å². The summed E-state index contributed by atoms with van der Waals surface area (Å²) in [6.07, 6.45) is 3.19. The van der Waals surface area contributed by atoms with Crippen LogP contribution in [-0.4, -0.2) is 24.7 Å². The summed E-state index contributed by atoms with van der Waals surface area (Å²) in [5, 5.41) is 0. The van der Waals surface area contributed by atoms with Gasteiger partial charge in [0.1, 0.15) is 0 Å². The molecule has 1 aromatic heterocycles. The van der Waals surface area contributed by atoms with Crippen LogP contribution in [0.15, 0.2) is 37.1 Å². The van der Waals surface area contributed by atoms with Crippen LogP contribution in [0.25, 0.3) is 0 Å². The molecule has 5 heteroatoms. The summed E-state index contributed by atoms with van der Waals surface area (Å²) in [7, 11) is 1.49. The predicted octanol–water partition coefficient (Wildman–Crippen LogP) is 1.64. The van der Waals surface area contributed by atoms with Crippen LogP contribution in [0, 0.1) is 5.92 Å². The van der Waals surface area contributed by atoms with Gasteiger partial charge >= 0.3 is 5.97 Å². The van der Waals surface area contributed by atoms with Gasteiger partial charge in [-0.15, -0.1) is 6.58 Å². The van der Waals surface area contributed by atoms with Crippen LogP contribution in [0.1, 0.15) is 18.7 Å². The number of rotatable bonds is 7. The van der Waals surface area contributed by atoms with Crippen LogP contribution >= 0.6 is 0 Å². The lowest BCUT2D eigenvalue weighted by atomic mass is 9.97. The molecule has 98 valence electrons. The standard InChI is InChI=1S/C13H18N2O3/c1-4-10(13(16)18-5-2)12(15-17-3)11-8-6-7-9-14-11/h4,6-10,12,15H,1,5H2,2-3H3/t10-,12-/m0/s1. The van der Waals surface area contributed by atoms with Gasteiger partial charge in [0.05, 0.1) is 31.4 Å². The van der Waals surface area contributed by atoms with E-state index in [4.69, 9.17) is 9.57 Å². The molecule has 0 aliphatic heterocycles. The maximum absolute atomic E-state index is 11.8. The molecule has 0 fully saturated rings. The Hall–Kier alpha value is -1.72. The molecule has 0 saturated carbocycles. The Balaban J connectivity index is 2.95. The lowest BCUT2D eigenvalue weighted by molar-refractivity contribution is -0.148. The summed E-state index contributed by atoms with van der Waals surface area (Å²) in [5.74, 6) is -0.910. The fourth-order valence-electron chi connectivity index (χ4n) is 1.61. The van der Waals surface area contributed by atoms with E-state index in [1.54, 1.807) is 19.2 Å². The number of pyridine rings is 1. The minimum atomic E-state index is -0.556. The van der Waals surface area contributed by atoms with Gasteiger partial charge in [-0.05, 0) is 19.1 Å². The molecule has 0 unspecified atom stereocenters. The van der Waals surface area contributed by atoms with Crippen LogP contribution in [0.5, 0.6) is 0 Å². The highest BCUT2D eigenvalue weighted by atomic mass is 16.6. The zero-order chi connectivity index (χ0) is 13.4. The summed E-state index contributed by atoms with van der Waals surface area (Å²) in [6.45, 7) is 5.75. The van der Waals surface area contributed by atoms with Gasteiger partial charge in [0.2, 0.25) is 0 Å². The van der Waals surface area contributed by atoms with Crippen molar-refractivity contribution in [1.82, 2.24) is 10.5 Å². The van der Waals surface area contributed by atoms with Crippen molar-refractivity contribution < 1.29 is 14.4 Å². The van der Waals surface area contributed by atoms with Gasteiger partial charge in [-0.3, -0.25) is 9.78 Å². The topological polar surface area (TPSA) is 60.5 Å². The van der Waals surface area contributed by atoms with Crippen molar-refractivity contribution in [2.24, 2.45) is 5.92 Å². The number of nitrogens with one attached hydrogen (secondary N) is 1. The van der Waals surface area contributed by atoms with Crippen molar-refractivity contribution in [2.45, 2.75) is 13.0 Å². The van der Waals surface area contributed by atoms with Crippen molar-refractivity contribution in [3.05, 3.63) is 42.7 Å². The van der Waals surface area contributed by atoms with Gasteiger partial charge in [0.15, 0.2) is 0 Å². The molecule has 1 N–H and O–H groups in total. The number of hydrogen-bond donors (Lipinski definition) is 1. The summed E-state index contributed by atoms with van der Waals surface area (Å²) in [6, 6.07) is 5.04. The van der Waals surface area contributed by atoms with Crippen LogP contribution in [-0.2, 0) is 14.4 Å². The molecule has 0 saturated heterocycles. The third-order valence-electron chi connectivity index (χ3n) is 2.42. The Morgan fingerprint density at radius 3 is 2.89 bits per heavy atom. The molecule has 0 spiro atoms. The first-order valence-corrected chi connectivity index (χ1v) is 5.73. The largest absolute Gasteiger partial charge is 0.465 e. The van der Waals surface area contributed by atoms with Gasteiger partial charge in [0.25, 0.3) is 0 Å². The SMILES string of the molecule is C=C[C@H](C(=O)OCC)[C@H](NOC)c1ccccn1. The number of ether oxygens (including phenoxy) is 1. The molecule has 0 bridgehead atoms. The zero-order valence-corrected chi connectivity index (χ0v) is 10.6. The summed E-state index contributed by atoms with van der Waals surface area (Å²) < 4.78 is 5.01. The summed E-state index contributed by atoms with van der Waals surface area (Å²) in [4.78, 5) is 21.0. The fraction of sp³-hybridized carbons (Fsp3) is 0.385. The molecule has 0 aliphatic rings. The van der Waals surface area contributed by atoms with E-state index < -0.39 is 12.0 Å². The first kappa shape index (κ1) is 14.3. The number of aromatic nitrogens is 1. The third-order valence-corrected chi connectivity index (χ3v) is 2.42. The molecule has 1 aromatic rings. The monoisotopic (exact) mass is 250 g/mol. The summed E-state index contributed by atoms with van der Waals surface area (Å²) >= 11 is 0. The van der Waals surface area contributed by atoms with Gasteiger partial charge in [-0.2, -0.15) is 5.48 Å². The van der Waals surface area contributed by atoms with E-state index in [-0.39, 0.29) is 5.97 Å². The Morgan fingerprint density at radius 1 is 1.61 bits per heavy atom. The highest BCUT2D eigenvalue weighted by Crippen LogP contribution is 2.22. The molecule has 0 aliphatic carbocycles. The highest BCUT2D eigenvalue weighted by Gasteiger charge is 2.29. The minimum Gasteiger partial charge on any atom is -0.465 e. The van der Waals surface area contributed by atoms with Crippen LogP contribution < -0.4 is 5.48 Å². The van der Waals surface area contributed by atoms with E-state index in [1.807, 2.05) is 12.1 Å². The van der Waals surface area contributed by atoms with Crippen molar-refractivity contribution in [2.75, 3.05) is 13.7 Å². The normalized spacial score (nSPS) is 13.7. The Bertz CT molecular complexity index is 381. The molecule has 1 rings (SSSR count). The van der Waals surface area contributed by atoms with Crippen LogP contribution in [0.4, 0.5) is 0 Å². The number of hydrogen-bond acceptors (Lipinski definition) is 5. The Kier molecular flexibility index (Phi) is 6.04. The second-order valence-electron chi connectivity index (χ2n) is 3.57. The van der Waals surface area contributed by atoms with E-state index >= 15 is 0 Å². The molecular formula is C13H18N2O3. The first-order valence-electron chi connectivity index (χ1n) is 5.73. The molecule has 5 nitrogen and oxygen atoms in total. The number of hydroxylamine groups is 1. The number of esters is 1. The average Bonchev–Trinajstić information content (AvgIpc) is 2.40. The quantitative estimate of drug-likeness (QED) is 0.453. The molecule has 0 aromatic carbocycles. The number of nitrogens with zero attached hydrogens (tertiary/aromatic N) is 1. The van der Waals surface area contributed by atoms with Crippen molar-refractivity contribution in [3.63, 3.8) is 0 Å². The fourth-order valence-corrected chi connectivity index (χ4v) is 1.61. The zero-order valence-electron chi connectivity index (χ0n) is 10.6. The van der Waals surface area contributed by atoms with E-state index in [0.29, 0.717) is 12.3 Å². The van der Waals surface area contributed by atoms with Gasteiger partial charge in [-0.1, -0.05) is 12.1 Å². The van der Waals surface area contributed by atoms with Crippen molar-refractivity contribution >= 4 is 5.97 Å². The average molecular weight is 250 g/mol. The maximum Gasteiger partial charge on any atom is 0.314 e. The second kappa shape index (κ2) is 7.58. The second-order valence-corrected chi connectivity index (χ2v) is 3.57. The molecule has 0 amide bonds. The van der Waals surface area contributed by atoms with Crippen LogP contribution in [0.2, 0.25) is 0 Å². The maximum atomic E-state index is 11.8. The minimum absolute atomic E-state index is 0.324. The smallest absolute Gasteiger partial charge is 0.314 e. The highest BCUT2D eigenvalue weighted by molar-refractivity contribution is 5.75. The van der Waals surface area contributed by atoms with Gasteiger partial charge in [-0.25, -0.2) is 0 Å². The molecule has 1 heterocycles. The number of carbonyl (C=O) groups excluding carboxylic acids is 1. The first-order chi connectivity index (χ1) is 8.74. The molecule has 0 radical (unpaired) electrons. The lowest BCUT2D eigenvalue weighted by Gasteiger charge is -2.22. The Morgan fingerprint density at radius 2 is 2.39 bits per heavy atom. The van der Waals surface area contributed by atoms with Gasteiger partial charge in [0, 0.05) is 6.20 Å². The lowest BCUT2D eigenvalue weighted by Crippen LogP contribution is -2.33. The summed E-state index contributed by atoms with van der Waals surface area (Å²) in [5.41, 5.74) is 3.45. The van der Waals surface area contributed by atoms with E-state index in [9.17, 15) is 4.79 Å². The van der Waals surface area contributed by atoms with Crippen LogP contribution in [0.3, 0.4) is 0 Å². The third kappa shape index (κ3) is 3.65. The molecule has 18 heavy (non-hydrogen) atoms. The van der Waals surface area contributed by atoms with E-state index in [2.05, 4.69) is 17.0 Å². The predicted molar refractivity (Wildman–Crippen MR) is 67.4 cm³/mol. The van der Waals surface area contributed by atoms with Crippen molar-refractivity contribution in [3.8, 4) is 0 Å². The molecule has 2 atom stereocenters. The van der Waals surface area contributed by atoms with E-state index in [1.165, 1.54) is 13.2 Å². The van der Waals surface area contributed by atoms with Gasteiger partial charge < -0.3 is 9.57 Å². The molecular weight excluding hydrogens is 232 g/mol. The van der Waals surface area contributed by atoms with Crippen molar-refractivity contribution in [1.29, 1.82) is 0 Å².